The minimum atomic E-state index is -1.30. The Morgan fingerprint density at radius 2 is 1.34 bits per heavy atom. The Morgan fingerprint density at radius 1 is 0.842 bits per heavy atom. The van der Waals surface area contributed by atoms with Crippen molar-refractivity contribution in [2.75, 3.05) is 0 Å². The summed E-state index contributed by atoms with van der Waals surface area (Å²) in [6, 6.07) is 0. The SMILES string of the molecule is CC(=O)O[C@@H]1[C@@H]2[C@H]([C@H](OC(C)=O)[C@H](OC(C)=O)/C(C)=C\[C@@]34O[C@@]3(C[C@H](C)[C@@H]4OC(C)=O)C(=O)[C@@H]1C)C2(C)C. The number of carbonyl (C=O) groups is 5. The van der Waals surface area contributed by atoms with Crippen LogP contribution in [0.4, 0.5) is 0 Å². The van der Waals surface area contributed by atoms with Crippen LogP contribution >= 0.6 is 0 Å². The standard InChI is InChI=1S/C28H38O10/c1-12-10-28-25(37-18(7)32)13(2)11-27(28,38-28)24(33)14(3)22(35-16(5)30)19-20(26(19,8)9)23(36-17(6)31)21(12)34-15(4)29/h10,13-14,19-23,25H,11H2,1-9H3/b12-10-/t13-,14+,19-,20+,21+,22-,23-,25-,27-,28-/m0/s1. The summed E-state index contributed by atoms with van der Waals surface area (Å²) in [5.41, 5.74) is -2.61. The molecular weight excluding hydrogens is 496 g/mol. The largest absolute Gasteiger partial charge is 0.461 e. The molecule has 0 N–H and O–H groups in total. The van der Waals surface area contributed by atoms with E-state index in [1.165, 1.54) is 27.7 Å². The lowest BCUT2D eigenvalue weighted by molar-refractivity contribution is -0.166. The quantitative estimate of drug-likeness (QED) is 0.229. The van der Waals surface area contributed by atoms with Crippen LogP contribution in [0.1, 0.15) is 68.7 Å². The second-order valence-electron chi connectivity index (χ2n) is 12.0. The van der Waals surface area contributed by atoms with E-state index in [4.69, 9.17) is 23.7 Å². The van der Waals surface area contributed by atoms with Crippen LogP contribution < -0.4 is 0 Å². The second kappa shape index (κ2) is 9.17. The van der Waals surface area contributed by atoms with Crippen LogP contribution in [0.3, 0.4) is 0 Å². The summed E-state index contributed by atoms with van der Waals surface area (Å²) >= 11 is 0. The molecule has 0 aromatic heterocycles. The van der Waals surface area contributed by atoms with Crippen molar-refractivity contribution in [3.63, 3.8) is 0 Å². The second-order valence-corrected chi connectivity index (χ2v) is 12.0. The van der Waals surface area contributed by atoms with Crippen molar-refractivity contribution < 1.29 is 47.7 Å². The van der Waals surface area contributed by atoms with Gasteiger partial charge in [-0.3, -0.25) is 24.0 Å². The molecule has 0 radical (unpaired) electrons. The van der Waals surface area contributed by atoms with Crippen LogP contribution in [0.5, 0.6) is 0 Å². The number of fused-ring (bicyclic) bond motifs is 1. The molecule has 0 aromatic carbocycles. The van der Waals surface area contributed by atoms with Crippen molar-refractivity contribution in [2.24, 2.45) is 29.1 Å². The van der Waals surface area contributed by atoms with Crippen LogP contribution in [0.15, 0.2) is 11.6 Å². The van der Waals surface area contributed by atoms with Gasteiger partial charge in [-0.2, -0.15) is 0 Å². The molecule has 10 atom stereocenters. The van der Waals surface area contributed by atoms with Crippen LogP contribution in [-0.4, -0.2) is 65.3 Å². The van der Waals surface area contributed by atoms with E-state index in [1.807, 2.05) is 20.8 Å². The van der Waals surface area contributed by atoms with Crippen LogP contribution in [0.2, 0.25) is 0 Å². The van der Waals surface area contributed by atoms with Gasteiger partial charge < -0.3 is 23.7 Å². The van der Waals surface area contributed by atoms with E-state index in [9.17, 15) is 24.0 Å². The normalized spacial score (nSPS) is 44.0. The monoisotopic (exact) mass is 534 g/mol. The smallest absolute Gasteiger partial charge is 0.303 e. The predicted molar refractivity (Wildman–Crippen MR) is 131 cm³/mol. The molecule has 1 aliphatic heterocycles. The molecule has 4 aliphatic rings. The molecule has 0 aromatic rings. The van der Waals surface area contributed by atoms with E-state index in [0.29, 0.717) is 12.0 Å². The first-order chi connectivity index (χ1) is 17.5. The van der Waals surface area contributed by atoms with Gasteiger partial charge in [0.1, 0.15) is 18.3 Å². The highest BCUT2D eigenvalue weighted by molar-refractivity contribution is 5.96. The summed E-state index contributed by atoms with van der Waals surface area (Å²) in [6.45, 7) is 14.3. The van der Waals surface area contributed by atoms with Gasteiger partial charge in [-0.15, -0.1) is 0 Å². The zero-order valence-electron chi connectivity index (χ0n) is 23.5. The number of hydrogen-bond donors (Lipinski definition) is 0. The summed E-state index contributed by atoms with van der Waals surface area (Å²) in [6.07, 6.45) is -1.52. The Kier molecular flexibility index (Phi) is 6.82. The number of hydrogen-bond acceptors (Lipinski definition) is 10. The Bertz CT molecular complexity index is 1110. The number of ketones is 1. The minimum absolute atomic E-state index is 0.218. The number of carbonyl (C=O) groups excluding carboxylic acids is 5. The molecule has 10 heteroatoms. The molecule has 3 aliphatic carbocycles. The van der Waals surface area contributed by atoms with Crippen molar-refractivity contribution in [3.05, 3.63) is 11.6 Å². The maximum atomic E-state index is 14.2. The van der Waals surface area contributed by atoms with Crippen molar-refractivity contribution in [3.8, 4) is 0 Å². The summed E-state index contributed by atoms with van der Waals surface area (Å²) in [4.78, 5) is 63.1. The fourth-order valence-corrected chi connectivity index (χ4v) is 7.39. The van der Waals surface area contributed by atoms with E-state index in [0.717, 1.165) is 0 Å². The van der Waals surface area contributed by atoms with E-state index in [-0.39, 0.29) is 23.5 Å². The molecule has 10 nitrogen and oxygen atoms in total. The molecule has 0 bridgehead atoms. The van der Waals surface area contributed by atoms with Crippen molar-refractivity contribution in [1.82, 2.24) is 0 Å². The molecule has 3 fully saturated rings. The van der Waals surface area contributed by atoms with Crippen LogP contribution in [-0.2, 0) is 47.7 Å². The molecule has 38 heavy (non-hydrogen) atoms. The minimum Gasteiger partial charge on any atom is -0.461 e. The van der Waals surface area contributed by atoms with Gasteiger partial charge in [0.25, 0.3) is 0 Å². The van der Waals surface area contributed by atoms with Crippen molar-refractivity contribution in [2.45, 2.75) is 104 Å². The molecule has 1 saturated heterocycles. The zero-order chi connectivity index (χ0) is 28.5. The number of Topliss-reactive ketones (excluding diaryl/α,β-unsaturated/α-hetero) is 1. The van der Waals surface area contributed by atoms with Gasteiger partial charge in [0.15, 0.2) is 23.1 Å². The van der Waals surface area contributed by atoms with Gasteiger partial charge in [-0.1, -0.05) is 27.7 Å². The molecule has 210 valence electrons. The number of rotatable bonds is 4. The zero-order valence-corrected chi connectivity index (χ0v) is 23.5. The molecule has 0 spiro atoms. The van der Waals surface area contributed by atoms with E-state index < -0.39 is 70.8 Å². The average Bonchev–Trinajstić information content (AvgIpc) is 3.56. The summed E-state index contributed by atoms with van der Waals surface area (Å²) in [5, 5.41) is 0. The van der Waals surface area contributed by atoms with Gasteiger partial charge >= 0.3 is 23.9 Å². The van der Waals surface area contributed by atoms with Gasteiger partial charge in [-0.25, -0.2) is 0 Å². The van der Waals surface area contributed by atoms with Gasteiger partial charge in [0, 0.05) is 39.5 Å². The lowest BCUT2D eigenvalue weighted by atomic mass is 9.80. The first-order valence-electron chi connectivity index (χ1n) is 13.1. The predicted octanol–water partition coefficient (Wildman–Crippen LogP) is 2.70. The first-order valence-corrected chi connectivity index (χ1v) is 13.1. The topological polar surface area (TPSA) is 135 Å². The molecule has 4 rings (SSSR count). The van der Waals surface area contributed by atoms with Crippen molar-refractivity contribution >= 4 is 29.7 Å². The lowest BCUT2D eigenvalue weighted by Gasteiger charge is -2.30. The van der Waals surface area contributed by atoms with Gasteiger partial charge in [-0.05, 0) is 36.3 Å². The third kappa shape index (κ3) is 4.25. The third-order valence-corrected chi connectivity index (χ3v) is 8.87. The Labute approximate surface area is 222 Å². The summed E-state index contributed by atoms with van der Waals surface area (Å²) in [7, 11) is 0. The maximum absolute atomic E-state index is 14.2. The highest BCUT2D eigenvalue weighted by atomic mass is 16.7. The molecule has 0 unspecified atom stereocenters. The number of epoxide rings is 1. The highest BCUT2D eigenvalue weighted by Crippen LogP contribution is 2.68. The van der Waals surface area contributed by atoms with Gasteiger partial charge in [0.05, 0.1) is 5.92 Å². The van der Waals surface area contributed by atoms with E-state index in [2.05, 4.69) is 0 Å². The molecule has 0 amide bonds. The Balaban J connectivity index is 1.94. The van der Waals surface area contributed by atoms with Gasteiger partial charge in [0.2, 0.25) is 0 Å². The molecule has 2 saturated carbocycles. The average molecular weight is 535 g/mol. The molecule has 1 heterocycles. The van der Waals surface area contributed by atoms with E-state index >= 15 is 0 Å². The van der Waals surface area contributed by atoms with E-state index in [1.54, 1.807) is 19.9 Å². The summed E-state index contributed by atoms with van der Waals surface area (Å²) < 4.78 is 29.3. The lowest BCUT2D eigenvalue weighted by Crippen LogP contribution is -2.43. The fraction of sp³-hybridized carbons (Fsp3) is 0.750. The fourth-order valence-electron chi connectivity index (χ4n) is 7.39. The first kappa shape index (κ1) is 28.3. The maximum Gasteiger partial charge on any atom is 0.303 e. The van der Waals surface area contributed by atoms with Crippen molar-refractivity contribution in [1.29, 1.82) is 0 Å². The molecular formula is C28H38O10. The summed E-state index contributed by atoms with van der Waals surface area (Å²) in [5.74, 6) is -4.18. The third-order valence-electron chi connectivity index (χ3n) is 8.87. The number of esters is 4. The Morgan fingerprint density at radius 3 is 1.87 bits per heavy atom. The number of ether oxygens (including phenoxy) is 5. The van der Waals surface area contributed by atoms with Crippen LogP contribution in [0.25, 0.3) is 0 Å². The highest BCUT2D eigenvalue weighted by Gasteiger charge is 2.84. The van der Waals surface area contributed by atoms with Crippen LogP contribution in [0, 0.1) is 29.1 Å². The Hall–Kier alpha value is -2.75.